The standard InChI is InChI=1S/C62H38N4/c1-63-49-33-35-52(46-19-11-18-44(36-46)45-32-34-57-55-25-8-7-23-53(55)54-24-9-10-26-56(54)59(57)38-45)58(39-49)47-20-12-21-48(37-47)62-65-60(42-15-3-2-4-16-42)64-61(66-62)43-30-28-41(29-31-43)51-27-13-17-40-14-5-6-22-50(40)51/h2-39H. The molecule has 0 bridgehead atoms. The summed E-state index contributed by atoms with van der Waals surface area (Å²) in [4.78, 5) is 19.1. The highest BCUT2D eigenvalue weighted by molar-refractivity contribution is 6.25. The third kappa shape index (κ3) is 6.93. The largest absolute Gasteiger partial charge is 0.238 e. The van der Waals surface area contributed by atoms with Crippen molar-refractivity contribution in [2.24, 2.45) is 0 Å². The van der Waals surface area contributed by atoms with Crippen molar-refractivity contribution in [2.45, 2.75) is 0 Å². The van der Waals surface area contributed by atoms with Crippen LogP contribution in [-0.4, -0.2) is 15.0 Å². The zero-order chi connectivity index (χ0) is 44.0. The summed E-state index contributed by atoms with van der Waals surface area (Å²) >= 11 is 0. The first-order valence-corrected chi connectivity index (χ1v) is 22.1. The third-order valence-corrected chi connectivity index (χ3v) is 12.7. The molecule has 306 valence electrons. The molecule has 4 nitrogen and oxygen atoms in total. The van der Waals surface area contributed by atoms with E-state index in [1.807, 2.05) is 54.6 Å². The van der Waals surface area contributed by atoms with E-state index in [4.69, 9.17) is 21.5 Å². The Labute approximate surface area is 382 Å². The Morgan fingerprint density at radius 2 is 0.712 bits per heavy atom. The minimum absolute atomic E-state index is 0.570. The van der Waals surface area contributed by atoms with Gasteiger partial charge in [0.15, 0.2) is 23.2 Å². The van der Waals surface area contributed by atoms with Crippen LogP contribution in [-0.2, 0) is 0 Å². The number of fused-ring (bicyclic) bond motifs is 7. The van der Waals surface area contributed by atoms with Crippen molar-refractivity contribution >= 4 is 48.8 Å². The maximum atomic E-state index is 7.98. The van der Waals surface area contributed by atoms with Gasteiger partial charge in [-0.3, -0.25) is 0 Å². The molecule has 1 heterocycles. The summed E-state index contributed by atoms with van der Waals surface area (Å²) in [6, 6.07) is 80.7. The van der Waals surface area contributed by atoms with E-state index in [0.717, 1.165) is 55.6 Å². The molecule has 0 radical (unpaired) electrons. The number of benzene rings is 11. The van der Waals surface area contributed by atoms with Crippen molar-refractivity contribution < 1.29 is 0 Å². The molecule has 0 aliphatic carbocycles. The van der Waals surface area contributed by atoms with Crippen molar-refractivity contribution in [3.8, 4) is 78.7 Å². The van der Waals surface area contributed by atoms with Crippen molar-refractivity contribution in [1.82, 2.24) is 15.0 Å². The predicted molar refractivity (Wildman–Crippen MR) is 274 cm³/mol. The lowest BCUT2D eigenvalue weighted by molar-refractivity contribution is 1.07. The van der Waals surface area contributed by atoms with Gasteiger partial charge in [0.1, 0.15) is 0 Å². The van der Waals surface area contributed by atoms with Gasteiger partial charge in [0.2, 0.25) is 0 Å². The molecule has 0 aliphatic heterocycles. The van der Waals surface area contributed by atoms with Crippen LogP contribution in [0, 0.1) is 6.57 Å². The molecule has 4 heteroatoms. The summed E-state index contributed by atoms with van der Waals surface area (Å²) in [6.07, 6.45) is 0. The quantitative estimate of drug-likeness (QED) is 0.119. The molecule has 0 atom stereocenters. The minimum atomic E-state index is 0.570. The van der Waals surface area contributed by atoms with Crippen molar-refractivity contribution in [1.29, 1.82) is 0 Å². The van der Waals surface area contributed by atoms with Crippen LogP contribution in [0.2, 0.25) is 0 Å². The van der Waals surface area contributed by atoms with Gasteiger partial charge in [0.05, 0.1) is 6.57 Å². The first-order chi connectivity index (χ1) is 32.6. The second kappa shape index (κ2) is 16.3. The lowest BCUT2D eigenvalue weighted by atomic mass is 9.90. The predicted octanol–water partition coefficient (Wildman–Crippen LogP) is 16.7. The van der Waals surface area contributed by atoms with Gasteiger partial charge in [-0.25, -0.2) is 19.8 Å². The topological polar surface area (TPSA) is 43.0 Å². The molecule has 12 aromatic rings. The van der Waals surface area contributed by atoms with Crippen LogP contribution in [0.3, 0.4) is 0 Å². The number of rotatable bonds is 7. The summed E-state index contributed by atoms with van der Waals surface area (Å²) in [5.74, 6) is 1.76. The maximum Gasteiger partial charge on any atom is 0.187 e. The van der Waals surface area contributed by atoms with E-state index in [2.05, 4.69) is 181 Å². The molecule has 0 aliphatic rings. The zero-order valence-electron chi connectivity index (χ0n) is 35.7. The molecule has 0 spiro atoms. The van der Waals surface area contributed by atoms with E-state index in [-0.39, 0.29) is 0 Å². The highest BCUT2D eigenvalue weighted by Crippen LogP contribution is 2.41. The van der Waals surface area contributed by atoms with Gasteiger partial charge in [-0.05, 0) is 112 Å². The second-order valence-corrected chi connectivity index (χ2v) is 16.6. The van der Waals surface area contributed by atoms with Gasteiger partial charge in [0, 0.05) is 16.7 Å². The fraction of sp³-hybridized carbons (Fsp3) is 0. The molecular formula is C62H38N4. The molecule has 0 fully saturated rings. The molecule has 0 saturated carbocycles. The Balaban J connectivity index is 0.942. The smallest absolute Gasteiger partial charge is 0.187 e. The Bertz CT molecular complexity index is 3840. The van der Waals surface area contributed by atoms with E-state index >= 15 is 0 Å². The first kappa shape index (κ1) is 38.6. The molecule has 0 unspecified atom stereocenters. The third-order valence-electron chi connectivity index (χ3n) is 12.7. The number of aromatic nitrogens is 3. The van der Waals surface area contributed by atoms with Gasteiger partial charge in [-0.2, -0.15) is 0 Å². The Hall–Kier alpha value is -9.04. The van der Waals surface area contributed by atoms with E-state index < -0.39 is 0 Å². The maximum absolute atomic E-state index is 7.98. The summed E-state index contributed by atoms with van der Waals surface area (Å²) in [5, 5.41) is 9.94. The van der Waals surface area contributed by atoms with Crippen molar-refractivity contribution in [3.05, 3.63) is 242 Å². The minimum Gasteiger partial charge on any atom is -0.238 e. The summed E-state index contributed by atoms with van der Waals surface area (Å²) in [6.45, 7) is 7.98. The average molecular weight is 839 g/mol. The molecule has 11 aromatic carbocycles. The van der Waals surface area contributed by atoms with Crippen molar-refractivity contribution in [2.75, 3.05) is 0 Å². The van der Waals surface area contributed by atoms with Crippen LogP contribution in [0.25, 0.3) is 127 Å². The molecule has 0 saturated heterocycles. The number of hydrogen-bond donors (Lipinski definition) is 0. The lowest BCUT2D eigenvalue weighted by Crippen LogP contribution is -2.00. The van der Waals surface area contributed by atoms with Crippen LogP contribution in [0.1, 0.15) is 0 Å². The summed E-state index contributed by atoms with van der Waals surface area (Å²) in [7, 11) is 0. The second-order valence-electron chi connectivity index (χ2n) is 16.6. The first-order valence-electron chi connectivity index (χ1n) is 22.1. The number of nitrogens with zero attached hydrogens (tertiary/aromatic N) is 4. The Morgan fingerprint density at radius 1 is 0.258 bits per heavy atom. The van der Waals surface area contributed by atoms with Crippen LogP contribution >= 0.6 is 0 Å². The van der Waals surface area contributed by atoms with Gasteiger partial charge in [0.25, 0.3) is 0 Å². The van der Waals surface area contributed by atoms with E-state index in [9.17, 15) is 0 Å². The van der Waals surface area contributed by atoms with Gasteiger partial charge in [-0.15, -0.1) is 0 Å². The monoisotopic (exact) mass is 838 g/mol. The summed E-state index contributed by atoms with van der Waals surface area (Å²) < 4.78 is 0. The molecule has 1 aromatic heterocycles. The van der Waals surface area contributed by atoms with E-state index in [1.165, 1.54) is 48.7 Å². The van der Waals surface area contributed by atoms with Gasteiger partial charge in [-0.1, -0.05) is 206 Å². The van der Waals surface area contributed by atoms with E-state index in [1.54, 1.807) is 0 Å². The summed E-state index contributed by atoms with van der Waals surface area (Å²) in [5.41, 5.74) is 11.8. The van der Waals surface area contributed by atoms with Crippen LogP contribution in [0.4, 0.5) is 5.69 Å². The Kier molecular flexibility index (Phi) is 9.51. The van der Waals surface area contributed by atoms with E-state index in [0.29, 0.717) is 23.2 Å². The van der Waals surface area contributed by atoms with Gasteiger partial charge >= 0.3 is 0 Å². The average Bonchev–Trinajstić information content (AvgIpc) is 3.40. The molecular weight excluding hydrogens is 801 g/mol. The Morgan fingerprint density at radius 3 is 1.41 bits per heavy atom. The van der Waals surface area contributed by atoms with Crippen LogP contribution in [0.15, 0.2) is 231 Å². The molecule has 12 rings (SSSR count). The molecule has 0 amide bonds. The zero-order valence-corrected chi connectivity index (χ0v) is 35.7. The highest BCUT2D eigenvalue weighted by Gasteiger charge is 2.17. The lowest BCUT2D eigenvalue weighted by Gasteiger charge is -2.15. The fourth-order valence-electron chi connectivity index (χ4n) is 9.50. The normalized spacial score (nSPS) is 11.3. The van der Waals surface area contributed by atoms with Crippen LogP contribution in [0.5, 0.6) is 0 Å². The fourth-order valence-corrected chi connectivity index (χ4v) is 9.50. The number of hydrogen-bond acceptors (Lipinski definition) is 3. The highest BCUT2D eigenvalue weighted by atomic mass is 15.0. The van der Waals surface area contributed by atoms with Crippen LogP contribution < -0.4 is 0 Å². The molecule has 66 heavy (non-hydrogen) atoms. The molecule has 0 N–H and O–H groups in total. The van der Waals surface area contributed by atoms with Gasteiger partial charge < -0.3 is 0 Å². The van der Waals surface area contributed by atoms with Crippen molar-refractivity contribution in [3.63, 3.8) is 0 Å². The SMILES string of the molecule is [C-]#[N+]c1ccc(-c2cccc(-c3ccc4c5ccccc5c5ccccc5c4c3)c2)c(-c2cccc(-c3nc(-c4ccccc4)nc(-c4ccc(-c5cccc6ccccc56)cc4)n3)c2)c1.